The first-order chi connectivity index (χ1) is 12.3. The minimum absolute atomic E-state index is 0.104. The van der Waals surface area contributed by atoms with E-state index in [0.29, 0.717) is 36.7 Å². The summed E-state index contributed by atoms with van der Waals surface area (Å²) in [5.41, 5.74) is 1.59. The average Bonchev–Trinajstić information content (AvgIpc) is 2.67. The molecular weight excluding hydrogens is 316 g/mol. The monoisotopic (exact) mass is 332 g/mol. The van der Waals surface area contributed by atoms with Crippen molar-refractivity contribution in [2.75, 3.05) is 13.2 Å². The molecule has 4 nitrogen and oxygen atoms in total. The fourth-order valence-electron chi connectivity index (χ4n) is 3.50. The zero-order chi connectivity index (χ0) is 16.8. The van der Waals surface area contributed by atoms with Gasteiger partial charge < -0.3 is 14.2 Å². The second-order valence-corrected chi connectivity index (χ2v) is 6.30. The molecule has 0 bridgehead atoms. The molecule has 124 valence electrons. The van der Waals surface area contributed by atoms with Crippen LogP contribution in [0.15, 0.2) is 54.6 Å². The third-order valence-electron chi connectivity index (χ3n) is 4.75. The Labute approximate surface area is 144 Å². The summed E-state index contributed by atoms with van der Waals surface area (Å²) in [6.45, 7) is 1.10. The molecule has 0 amide bonds. The third kappa shape index (κ3) is 2.33. The quantitative estimate of drug-likeness (QED) is 0.666. The van der Waals surface area contributed by atoms with E-state index < -0.39 is 0 Å². The SMILES string of the molecule is O=C1C[C@@H](c2ccc3c(c2)OCCO3)Oc2c1ccc1ccccc21. The number of carbonyl (C=O) groups is 1. The molecule has 0 radical (unpaired) electrons. The number of benzene rings is 3. The van der Waals surface area contributed by atoms with Crippen LogP contribution in [-0.2, 0) is 0 Å². The topological polar surface area (TPSA) is 44.8 Å². The molecule has 4 heteroatoms. The van der Waals surface area contributed by atoms with Crippen LogP contribution >= 0.6 is 0 Å². The summed E-state index contributed by atoms with van der Waals surface area (Å²) < 4.78 is 17.5. The van der Waals surface area contributed by atoms with E-state index in [4.69, 9.17) is 14.2 Å². The molecule has 0 spiro atoms. The lowest BCUT2D eigenvalue weighted by molar-refractivity contribution is 0.0852. The summed E-state index contributed by atoms with van der Waals surface area (Å²) in [6, 6.07) is 17.5. The summed E-state index contributed by atoms with van der Waals surface area (Å²) in [7, 11) is 0. The molecule has 0 unspecified atom stereocenters. The maximum atomic E-state index is 12.7. The summed E-state index contributed by atoms with van der Waals surface area (Å²) in [6.07, 6.45) is 0.00646. The Balaban J connectivity index is 1.58. The fourth-order valence-corrected chi connectivity index (χ4v) is 3.50. The summed E-state index contributed by atoms with van der Waals surface area (Å²) in [5, 5.41) is 2.03. The highest BCUT2D eigenvalue weighted by Crippen LogP contribution is 2.41. The van der Waals surface area contributed by atoms with Crippen LogP contribution < -0.4 is 14.2 Å². The van der Waals surface area contributed by atoms with Gasteiger partial charge in [-0.05, 0) is 29.1 Å². The van der Waals surface area contributed by atoms with Gasteiger partial charge in [-0.1, -0.05) is 36.4 Å². The van der Waals surface area contributed by atoms with Gasteiger partial charge >= 0.3 is 0 Å². The molecule has 3 aromatic carbocycles. The summed E-state index contributed by atoms with van der Waals surface area (Å²) in [4.78, 5) is 12.7. The highest BCUT2D eigenvalue weighted by Gasteiger charge is 2.29. The molecule has 0 N–H and O–H groups in total. The standard InChI is InChI=1S/C21H16O4/c22-17-12-19(14-6-8-18-20(11-14)24-10-9-23-18)25-21-15-4-2-1-3-13(15)5-7-16(17)21/h1-8,11,19H,9-10,12H2/t19-/m0/s1. The molecule has 0 fully saturated rings. The van der Waals surface area contributed by atoms with Gasteiger partial charge in [0.2, 0.25) is 0 Å². The van der Waals surface area contributed by atoms with E-state index in [2.05, 4.69) is 0 Å². The maximum Gasteiger partial charge on any atom is 0.170 e. The Morgan fingerprint density at radius 1 is 0.880 bits per heavy atom. The van der Waals surface area contributed by atoms with Crippen molar-refractivity contribution >= 4 is 16.6 Å². The van der Waals surface area contributed by atoms with Crippen LogP contribution in [0.2, 0.25) is 0 Å². The first-order valence-corrected chi connectivity index (χ1v) is 8.41. The van der Waals surface area contributed by atoms with Crippen molar-refractivity contribution in [3.8, 4) is 17.2 Å². The van der Waals surface area contributed by atoms with Gasteiger partial charge in [0, 0.05) is 5.39 Å². The normalized spacial score (nSPS) is 18.6. The molecule has 0 saturated carbocycles. The zero-order valence-corrected chi connectivity index (χ0v) is 13.5. The van der Waals surface area contributed by atoms with Crippen LogP contribution in [0.5, 0.6) is 17.2 Å². The molecule has 0 saturated heterocycles. The van der Waals surface area contributed by atoms with E-state index in [0.717, 1.165) is 22.1 Å². The minimum Gasteiger partial charge on any atom is -0.486 e. The van der Waals surface area contributed by atoms with Gasteiger partial charge in [-0.25, -0.2) is 0 Å². The van der Waals surface area contributed by atoms with Crippen LogP contribution in [0, 0.1) is 0 Å². The fraction of sp³-hybridized carbons (Fsp3) is 0.190. The van der Waals surface area contributed by atoms with Crippen molar-refractivity contribution in [3.63, 3.8) is 0 Å². The second-order valence-electron chi connectivity index (χ2n) is 6.30. The first-order valence-electron chi connectivity index (χ1n) is 8.41. The van der Waals surface area contributed by atoms with Gasteiger partial charge in [0.25, 0.3) is 0 Å². The zero-order valence-electron chi connectivity index (χ0n) is 13.5. The van der Waals surface area contributed by atoms with E-state index in [1.54, 1.807) is 0 Å². The van der Waals surface area contributed by atoms with Gasteiger partial charge in [0.05, 0.1) is 12.0 Å². The van der Waals surface area contributed by atoms with E-state index in [1.165, 1.54) is 0 Å². The number of rotatable bonds is 1. The van der Waals surface area contributed by atoms with Crippen molar-refractivity contribution < 1.29 is 19.0 Å². The lowest BCUT2D eigenvalue weighted by Crippen LogP contribution is -2.21. The largest absolute Gasteiger partial charge is 0.486 e. The Hall–Kier alpha value is -3.01. The third-order valence-corrected chi connectivity index (χ3v) is 4.75. The molecule has 1 atom stereocenters. The Morgan fingerprint density at radius 3 is 2.64 bits per heavy atom. The van der Waals surface area contributed by atoms with Crippen LogP contribution in [-0.4, -0.2) is 19.0 Å². The van der Waals surface area contributed by atoms with E-state index in [9.17, 15) is 4.79 Å². The molecule has 5 rings (SSSR count). The number of fused-ring (bicyclic) bond motifs is 4. The van der Waals surface area contributed by atoms with Crippen molar-refractivity contribution in [2.45, 2.75) is 12.5 Å². The highest BCUT2D eigenvalue weighted by atomic mass is 16.6. The lowest BCUT2D eigenvalue weighted by atomic mass is 9.93. The Bertz CT molecular complexity index is 992. The maximum absolute atomic E-state index is 12.7. The summed E-state index contributed by atoms with van der Waals surface area (Å²) >= 11 is 0. The van der Waals surface area contributed by atoms with Crippen molar-refractivity contribution in [2.24, 2.45) is 0 Å². The number of Topliss-reactive ketones (excluding diaryl/α,β-unsaturated/α-hetero) is 1. The van der Waals surface area contributed by atoms with Crippen molar-refractivity contribution in [3.05, 3.63) is 65.7 Å². The number of ether oxygens (including phenoxy) is 3. The lowest BCUT2D eigenvalue weighted by Gasteiger charge is -2.27. The van der Waals surface area contributed by atoms with E-state index >= 15 is 0 Å². The molecule has 0 aliphatic carbocycles. The molecule has 0 aromatic heterocycles. The van der Waals surface area contributed by atoms with Gasteiger partial charge in [0.1, 0.15) is 25.1 Å². The number of hydrogen-bond donors (Lipinski definition) is 0. The van der Waals surface area contributed by atoms with Gasteiger partial charge in [0.15, 0.2) is 17.3 Å². The Morgan fingerprint density at radius 2 is 1.72 bits per heavy atom. The van der Waals surface area contributed by atoms with Crippen molar-refractivity contribution in [1.29, 1.82) is 0 Å². The first kappa shape index (κ1) is 14.3. The van der Waals surface area contributed by atoms with Crippen LogP contribution in [0.4, 0.5) is 0 Å². The van der Waals surface area contributed by atoms with Gasteiger partial charge in [-0.15, -0.1) is 0 Å². The molecule has 25 heavy (non-hydrogen) atoms. The van der Waals surface area contributed by atoms with Crippen LogP contribution in [0.25, 0.3) is 10.8 Å². The molecule has 2 aliphatic heterocycles. The van der Waals surface area contributed by atoms with Crippen molar-refractivity contribution in [1.82, 2.24) is 0 Å². The van der Waals surface area contributed by atoms with E-state index in [-0.39, 0.29) is 11.9 Å². The molecule has 2 aliphatic rings. The number of ketones is 1. The number of carbonyl (C=O) groups excluding carboxylic acids is 1. The predicted octanol–water partition coefficient (Wildman–Crippen LogP) is 4.32. The molecule has 2 heterocycles. The predicted molar refractivity (Wildman–Crippen MR) is 93.7 cm³/mol. The van der Waals surface area contributed by atoms with Gasteiger partial charge in [-0.2, -0.15) is 0 Å². The smallest absolute Gasteiger partial charge is 0.170 e. The average molecular weight is 332 g/mol. The van der Waals surface area contributed by atoms with Gasteiger partial charge in [-0.3, -0.25) is 4.79 Å². The second kappa shape index (κ2) is 5.52. The molecular formula is C21H16O4. The Kier molecular flexibility index (Phi) is 3.17. The highest BCUT2D eigenvalue weighted by molar-refractivity contribution is 6.06. The van der Waals surface area contributed by atoms with Crippen LogP contribution in [0.1, 0.15) is 28.4 Å². The summed E-state index contributed by atoms with van der Waals surface area (Å²) in [5.74, 6) is 2.23. The molecule has 3 aromatic rings. The van der Waals surface area contributed by atoms with E-state index in [1.807, 2.05) is 54.6 Å². The number of hydrogen-bond acceptors (Lipinski definition) is 4. The minimum atomic E-state index is -0.318. The van der Waals surface area contributed by atoms with Crippen LogP contribution in [0.3, 0.4) is 0 Å².